The van der Waals surface area contributed by atoms with Gasteiger partial charge in [0.15, 0.2) is 0 Å². The smallest absolute Gasteiger partial charge is 0.308 e. The van der Waals surface area contributed by atoms with Crippen LogP contribution in [0.15, 0.2) is 42.5 Å². The quantitative estimate of drug-likeness (QED) is 0.786. The highest BCUT2D eigenvalue weighted by atomic mass is 16.4. The summed E-state index contributed by atoms with van der Waals surface area (Å²) < 4.78 is 0. The maximum atomic E-state index is 13.0. The normalized spacial score (nSPS) is 20.1. The number of carboxylic acids is 1. The summed E-state index contributed by atoms with van der Waals surface area (Å²) in [4.78, 5) is 38.5. The number of carbonyl (C=O) groups is 3. The number of carboxylic acid groups (broad SMARTS) is 1. The monoisotopic (exact) mass is 396 g/mol. The van der Waals surface area contributed by atoms with E-state index in [1.165, 1.54) is 0 Å². The van der Waals surface area contributed by atoms with Crippen molar-refractivity contribution in [2.45, 2.75) is 33.2 Å². The molecule has 1 aliphatic heterocycles. The van der Waals surface area contributed by atoms with Crippen molar-refractivity contribution in [3.63, 3.8) is 0 Å². The summed E-state index contributed by atoms with van der Waals surface area (Å²) in [6, 6.07) is 13.2. The van der Waals surface area contributed by atoms with Gasteiger partial charge in [-0.25, -0.2) is 0 Å². The predicted molar refractivity (Wildman–Crippen MR) is 111 cm³/mol. The Morgan fingerprint density at radius 1 is 1.10 bits per heavy atom. The predicted octanol–water partition coefficient (Wildman–Crippen LogP) is 2.70. The Balaban J connectivity index is 1.67. The fourth-order valence-corrected chi connectivity index (χ4v) is 3.94. The van der Waals surface area contributed by atoms with Crippen LogP contribution < -0.4 is 5.32 Å². The fraction of sp³-hybridized carbons (Fsp3) is 0.435. The van der Waals surface area contributed by atoms with Crippen LogP contribution >= 0.6 is 0 Å². The first-order valence-electron chi connectivity index (χ1n) is 10.0. The second-order valence-electron chi connectivity index (χ2n) is 8.31. The third kappa shape index (κ3) is 4.75. The summed E-state index contributed by atoms with van der Waals surface area (Å²) in [5, 5.41) is 14.4. The molecule has 2 N–H and O–H groups in total. The van der Waals surface area contributed by atoms with Crippen LogP contribution in [0.1, 0.15) is 26.3 Å². The molecule has 0 aliphatic carbocycles. The van der Waals surface area contributed by atoms with E-state index < -0.39 is 17.9 Å². The average Bonchev–Trinajstić information content (AvgIpc) is 3.07. The van der Waals surface area contributed by atoms with Crippen molar-refractivity contribution in [2.75, 3.05) is 13.1 Å². The number of aliphatic carboxylic acids is 1. The second-order valence-corrected chi connectivity index (χ2v) is 8.31. The van der Waals surface area contributed by atoms with Gasteiger partial charge in [-0.1, -0.05) is 63.2 Å². The van der Waals surface area contributed by atoms with E-state index in [9.17, 15) is 19.5 Å². The average molecular weight is 396 g/mol. The highest BCUT2D eigenvalue weighted by molar-refractivity contribution is 5.90. The molecule has 3 atom stereocenters. The van der Waals surface area contributed by atoms with Crippen LogP contribution in [0.2, 0.25) is 0 Å². The summed E-state index contributed by atoms with van der Waals surface area (Å²) in [5.74, 6) is -2.05. The lowest BCUT2D eigenvalue weighted by Crippen LogP contribution is -2.51. The van der Waals surface area contributed by atoms with E-state index in [-0.39, 0.29) is 36.6 Å². The van der Waals surface area contributed by atoms with Crippen molar-refractivity contribution in [1.29, 1.82) is 0 Å². The molecular formula is C23H28N2O4. The van der Waals surface area contributed by atoms with Crippen molar-refractivity contribution in [3.05, 3.63) is 48.0 Å². The van der Waals surface area contributed by atoms with Gasteiger partial charge in [-0.2, -0.15) is 0 Å². The van der Waals surface area contributed by atoms with Crippen LogP contribution in [0.4, 0.5) is 0 Å². The van der Waals surface area contributed by atoms with E-state index in [0.29, 0.717) is 6.54 Å². The fourth-order valence-electron chi connectivity index (χ4n) is 3.94. The van der Waals surface area contributed by atoms with E-state index in [1.54, 1.807) is 4.90 Å². The number of hydrogen-bond donors (Lipinski definition) is 2. The van der Waals surface area contributed by atoms with Gasteiger partial charge in [0.2, 0.25) is 11.8 Å². The Morgan fingerprint density at radius 2 is 1.79 bits per heavy atom. The lowest BCUT2D eigenvalue weighted by molar-refractivity contribution is -0.142. The van der Waals surface area contributed by atoms with Gasteiger partial charge in [0, 0.05) is 13.1 Å². The number of rotatable bonds is 6. The first-order valence-corrected chi connectivity index (χ1v) is 10.0. The highest BCUT2D eigenvalue weighted by Crippen LogP contribution is 2.24. The molecule has 6 nitrogen and oxygen atoms in total. The maximum Gasteiger partial charge on any atom is 0.308 e. The number of amides is 2. The van der Waals surface area contributed by atoms with E-state index in [2.05, 4.69) is 5.32 Å². The molecule has 0 radical (unpaired) electrons. The Morgan fingerprint density at radius 3 is 2.41 bits per heavy atom. The van der Waals surface area contributed by atoms with Gasteiger partial charge in [-0.05, 0) is 28.2 Å². The summed E-state index contributed by atoms with van der Waals surface area (Å²) in [7, 11) is 0. The summed E-state index contributed by atoms with van der Waals surface area (Å²) in [6.07, 6.45) is 0.190. The molecular weight excluding hydrogens is 368 g/mol. The number of benzene rings is 2. The number of carbonyl (C=O) groups excluding carboxylic acids is 2. The third-order valence-corrected chi connectivity index (χ3v) is 5.67. The lowest BCUT2D eigenvalue weighted by Gasteiger charge is -2.27. The molecule has 0 spiro atoms. The molecule has 1 aliphatic rings. The van der Waals surface area contributed by atoms with Crippen LogP contribution in [0.25, 0.3) is 10.8 Å². The van der Waals surface area contributed by atoms with Gasteiger partial charge in [0.25, 0.3) is 0 Å². The van der Waals surface area contributed by atoms with Crippen LogP contribution in [-0.2, 0) is 20.8 Å². The molecule has 1 unspecified atom stereocenters. The molecule has 154 valence electrons. The zero-order valence-electron chi connectivity index (χ0n) is 17.1. The number of fused-ring (bicyclic) bond motifs is 1. The first-order chi connectivity index (χ1) is 13.8. The SMILES string of the molecule is CC(C)C(NC(=O)Cc1ccc2ccccc2c1)C(=O)N1C[C@@H](C)[C@H](C(=O)O)C1. The third-order valence-electron chi connectivity index (χ3n) is 5.67. The minimum atomic E-state index is -0.880. The van der Waals surface area contributed by atoms with Gasteiger partial charge in [0.05, 0.1) is 12.3 Å². The minimum Gasteiger partial charge on any atom is -0.481 e. The summed E-state index contributed by atoms with van der Waals surface area (Å²) in [6.45, 7) is 6.20. The highest BCUT2D eigenvalue weighted by Gasteiger charge is 2.39. The molecule has 3 rings (SSSR count). The standard InChI is InChI=1S/C23H28N2O4/c1-14(2)21(22(27)25-12-15(3)19(13-25)23(28)29)24-20(26)11-16-8-9-17-6-4-5-7-18(17)10-16/h4-10,14-15,19,21H,11-13H2,1-3H3,(H,24,26)(H,28,29)/t15-,19-,21?/m1/s1. The molecule has 2 amide bonds. The van der Waals surface area contributed by atoms with Crippen molar-refractivity contribution in [2.24, 2.45) is 17.8 Å². The van der Waals surface area contributed by atoms with Crippen molar-refractivity contribution in [1.82, 2.24) is 10.2 Å². The summed E-state index contributed by atoms with van der Waals surface area (Å²) >= 11 is 0. The molecule has 1 fully saturated rings. The van der Waals surface area contributed by atoms with Gasteiger partial charge in [0.1, 0.15) is 6.04 Å². The Bertz CT molecular complexity index is 924. The molecule has 6 heteroatoms. The van der Waals surface area contributed by atoms with Crippen molar-refractivity contribution < 1.29 is 19.5 Å². The van der Waals surface area contributed by atoms with E-state index in [4.69, 9.17) is 0 Å². The second kappa shape index (κ2) is 8.64. The number of nitrogens with one attached hydrogen (secondary N) is 1. The summed E-state index contributed by atoms with van der Waals surface area (Å²) in [5.41, 5.74) is 0.886. The number of nitrogens with zero attached hydrogens (tertiary/aromatic N) is 1. The molecule has 0 saturated carbocycles. The zero-order chi connectivity index (χ0) is 21.1. The molecule has 2 aromatic carbocycles. The molecule has 0 aromatic heterocycles. The zero-order valence-corrected chi connectivity index (χ0v) is 17.1. The number of hydrogen-bond acceptors (Lipinski definition) is 3. The van der Waals surface area contributed by atoms with Crippen LogP contribution in [0, 0.1) is 17.8 Å². The molecule has 29 heavy (non-hydrogen) atoms. The van der Waals surface area contributed by atoms with Gasteiger partial charge >= 0.3 is 5.97 Å². The maximum absolute atomic E-state index is 13.0. The van der Waals surface area contributed by atoms with E-state index >= 15 is 0 Å². The van der Waals surface area contributed by atoms with Crippen LogP contribution in [0.3, 0.4) is 0 Å². The van der Waals surface area contributed by atoms with Gasteiger partial charge < -0.3 is 15.3 Å². The van der Waals surface area contributed by atoms with Crippen molar-refractivity contribution in [3.8, 4) is 0 Å². The molecule has 0 bridgehead atoms. The van der Waals surface area contributed by atoms with Crippen LogP contribution in [0.5, 0.6) is 0 Å². The van der Waals surface area contributed by atoms with E-state index in [0.717, 1.165) is 16.3 Å². The largest absolute Gasteiger partial charge is 0.481 e. The van der Waals surface area contributed by atoms with Crippen LogP contribution in [-0.4, -0.2) is 46.9 Å². The molecule has 1 saturated heterocycles. The Kier molecular flexibility index (Phi) is 6.20. The van der Waals surface area contributed by atoms with Gasteiger partial charge in [-0.3, -0.25) is 14.4 Å². The first kappa shape index (κ1) is 20.8. The minimum absolute atomic E-state index is 0.0952. The molecule has 1 heterocycles. The topological polar surface area (TPSA) is 86.7 Å². The van der Waals surface area contributed by atoms with Crippen molar-refractivity contribution >= 4 is 28.6 Å². The Labute approximate surface area is 170 Å². The van der Waals surface area contributed by atoms with E-state index in [1.807, 2.05) is 63.2 Å². The Hall–Kier alpha value is -2.89. The molecule has 2 aromatic rings. The number of likely N-dealkylation sites (tertiary alicyclic amines) is 1. The van der Waals surface area contributed by atoms with Gasteiger partial charge in [-0.15, -0.1) is 0 Å². The lowest BCUT2D eigenvalue weighted by atomic mass is 9.99.